The number of nitrogens with one attached hydrogen (secondary N) is 1. The first-order chi connectivity index (χ1) is 8.19. The maximum Gasteiger partial charge on any atom is 0.286 e. The highest BCUT2D eigenvalue weighted by atomic mass is 32.2. The molecule has 0 aliphatic carbocycles. The van der Waals surface area contributed by atoms with Gasteiger partial charge < -0.3 is 4.74 Å². The first-order valence-electron chi connectivity index (χ1n) is 5.27. The summed E-state index contributed by atoms with van der Waals surface area (Å²) in [5.74, 6) is -0.194. The molecular formula is C12H13NO3S. The van der Waals surface area contributed by atoms with Crippen molar-refractivity contribution in [3.8, 4) is 0 Å². The second kappa shape index (κ2) is 5.33. The molecule has 0 spiro atoms. The van der Waals surface area contributed by atoms with E-state index in [0.29, 0.717) is 13.0 Å². The number of amides is 2. The lowest BCUT2D eigenvalue weighted by atomic mass is 10.1. The molecule has 2 amide bonds. The molecule has 1 fully saturated rings. The standard InChI is InChI=1S/C12H13NO3S/c1-16-7-9-4-2-8(3-5-9)6-10-11(14)13-12(15)17-10/h2-5,10H,6-7H2,1H3,(H,13,14,15). The topological polar surface area (TPSA) is 55.4 Å². The lowest BCUT2D eigenvalue weighted by Crippen LogP contribution is -2.25. The molecule has 0 saturated carbocycles. The van der Waals surface area contributed by atoms with Gasteiger partial charge in [-0.15, -0.1) is 0 Å². The first kappa shape index (κ1) is 12.1. The summed E-state index contributed by atoms with van der Waals surface area (Å²) in [7, 11) is 1.65. The van der Waals surface area contributed by atoms with Crippen LogP contribution >= 0.6 is 11.8 Å². The summed E-state index contributed by atoms with van der Waals surface area (Å²) in [4.78, 5) is 22.4. The minimum absolute atomic E-state index is 0.194. The van der Waals surface area contributed by atoms with E-state index in [4.69, 9.17) is 4.74 Å². The Hall–Kier alpha value is -1.33. The number of methoxy groups -OCH3 is 1. The van der Waals surface area contributed by atoms with E-state index in [1.165, 1.54) is 0 Å². The molecule has 1 heterocycles. The van der Waals surface area contributed by atoms with Crippen LogP contribution in [0.1, 0.15) is 11.1 Å². The summed E-state index contributed by atoms with van der Waals surface area (Å²) in [6.07, 6.45) is 0.579. The Bertz CT molecular complexity index is 430. The number of thioether (sulfide) groups is 1. The van der Waals surface area contributed by atoms with E-state index in [1.807, 2.05) is 24.3 Å². The molecule has 4 nitrogen and oxygen atoms in total. The van der Waals surface area contributed by atoms with Crippen LogP contribution < -0.4 is 5.32 Å². The highest BCUT2D eigenvalue weighted by Crippen LogP contribution is 2.22. The Morgan fingerprint density at radius 3 is 2.41 bits per heavy atom. The van der Waals surface area contributed by atoms with Gasteiger partial charge in [0.2, 0.25) is 5.91 Å². The maximum absolute atomic E-state index is 11.4. The SMILES string of the molecule is COCc1ccc(CC2SC(=O)NC2=O)cc1. The minimum Gasteiger partial charge on any atom is -0.380 e. The molecule has 1 aromatic carbocycles. The van der Waals surface area contributed by atoms with Crippen molar-refractivity contribution in [2.24, 2.45) is 0 Å². The summed E-state index contributed by atoms with van der Waals surface area (Å²) in [5.41, 5.74) is 2.14. The van der Waals surface area contributed by atoms with Gasteiger partial charge in [0, 0.05) is 7.11 Å². The van der Waals surface area contributed by atoms with E-state index in [0.717, 1.165) is 22.9 Å². The molecule has 17 heavy (non-hydrogen) atoms. The molecule has 1 aliphatic heterocycles. The average Bonchev–Trinajstić information content (AvgIpc) is 2.61. The molecule has 0 bridgehead atoms. The fourth-order valence-corrected chi connectivity index (χ4v) is 2.54. The van der Waals surface area contributed by atoms with E-state index >= 15 is 0 Å². The van der Waals surface area contributed by atoms with Crippen molar-refractivity contribution < 1.29 is 14.3 Å². The molecular weight excluding hydrogens is 238 g/mol. The lowest BCUT2D eigenvalue weighted by molar-refractivity contribution is -0.118. The van der Waals surface area contributed by atoms with E-state index in [2.05, 4.69) is 5.32 Å². The number of carbonyl (C=O) groups is 2. The molecule has 90 valence electrons. The molecule has 5 heteroatoms. The monoisotopic (exact) mass is 251 g/mol. The van der Waals surface area contributed by atoms with Gasteiger partial charge in [0.15, 0.2) is 0 Å². The molecule has 1 atom stereocenters. The average molecular weight is 251 g/mol. The Balaban J connectivity index is 1.99. The highest BCUT2D eigenvalue weighted by Gasteiger charge is 2.31. The van der Waals surface area contributed by atoms with Crippen molar-refractivity contribution in [3.05, 3.63) is 35.4 Å². The van der Waals surface area contributed by atoms with Crippen LogP contribution in [-0.2, 0) is 22.6 Å². The van der Waals surface area contributed by atoms with Gasteiger partial charge in [0.1, 0.15) is 0 Å². The Morgan fingerprint density at radius 2 is 1.88 bits per heavy atom. The van der Waals surface area contributed by atoms with Crippen molar-refractivity contribution in [1.82, 2.24) is 5.32 Å². The predicted molar refractivity (Wildman–Crippen MR) is 65.8 cm³/mol. The van der Waals surface area contributed by atoms with Gasteiger partial charge in [0.25, 0.3) is 5.24 Å². The van der Waals surface area contributed by atoms with Gasteiger partial charge in [-0.05, 0) is 17.5 Å². The van der Waals surface area contributed by atoms with Crippen molar-refractivity contribution in [3.63, 3.8) is 0 Å². The quantitative estimate of drug-likeness (QED) is 0.885. The Kier molecular flexibility index (Phi) is 3.81. The number of carbonyl (C=O) groups excluding carboxylic acids is 2. The van der Waals surface area contributed by atoms with E-state index in [1.54, 1.807) is 7.11 Å². The number of rotatable bonds is 4. The first-order valence-corrected chi connectivity index (χ1v) is 6.15. The fourth-order valence-electron chi connectivity index (χ4n) is 1.68. The Morgan fingerprint density at radius 1 is 1.24 bits per heavy atom. The molecule has 0 radical (unpaired) electrons. The number of ether oxygens (including phenoxy) is 1. The van der Waals surface area contributed by atoms with Crippen LogP contribution in [0.15, 0.2) is 24.3 Å². The molecule has 0 aromatic heterocycles. The molecule has 1 N–H and O–H groups in total. The van der Waals surface area contributed by atoms with Gasteiger partial charge in [-0.2, -0.15) is 0 Å². The highest BCUT2D eigenvalue weighted by molar-refractivity contribution is 8.15. The molecule has 1 aromatic rings. The van der Waals surface area contributed by atoms with Crippen molar-refractivity contribution in [2.75, 3.05) is 7.11 Å². The predicted octanol–water partition coefficient (Wildman–Crippen LogP) is 1.73. The molecule has 1 unspecified atom stereocenters. The van der Waals surface area contributed by atoms with E-state index in [-0.39, 0.29) is 16.4 Å². The van der Waals surface area contributed by atoms with Gasteiger partial charge in [0.05, 0.1) is 11.9 Å². The van der Waals surface area contributed by atoms with Crippen LogP contribution in [0.5, 0.6) is 0 Å². The minimum atomic E-state index is -0.296. The van der Waals surface area contributed by atoms with Crippen molar-refractivity contribution in [1.29, 1.82) is 0 Å². The third-order valence-electron chi connectivity index (χ3n) is 2.52. The third kappa shape index (κ3) is 3.08. The zero-order valence-electron chi connectivity index (χ0n) is 9.43. The summed E-state index contributed by atoms with van der Waals surface area (Å²) in [6, 6.07) is 7.87. The van der Waals surface area contributed by atoms with Crippen LogP contribution in [0.3, 0.4) is 0 Å². The van der Waals surface area contributed by atoms with Crippen LogP contribution in [0, 0.1) is 0 Å². The van der Waals surface area contributed by atoms with Gasteiger partial charge in [-0.25, -0.2) is 0 Å². The number of imide groups is 1. The van der Waals surface area contributed by atoms with Crippen molar-refractivity contribution in [2.45, 2.75) is 18.3 Å². The van der Waals surface area contributed by atoms with Crippen LogP contribution in [-0.4, -0.2) is 23.5 Å². The van der Waals surface area contributed by atoms with Gasteiger partial charge in [-0.1, -0.05) is 36.0 Å². The number of benzene rings is 1. The summed E-state index contributed by atoms with van der Waals surface area (Å²) >= 11 is 1.06. The smallest absolute Gasteiger partial charge is 0.286 e. The summed E-state index contributed by atoms with van der Waals surface area (Å²) in [6.45, 7) is 0.581. The summed E-state index contributed by atoms with van der Waals surface area (Å²) < 4.78 is 5.02. The normalized spacial score (nSPS) is 19.5. The van der Waals surface area contributed by atoms with E-state index in [9.17, 15) is 9.59 Å². The Labute approximate surface area is 104 Å². The van der Waals surface area contributed by atoms with Crippen LogP contribution in [0.25, 0.3) is 0 Å². The molecule has 2 rings (SSSR count). The van der Waals surface area contributed by atoms with Crippen LogP contribution in [0.2, 0.25) is 0 Å². The van der Waals surface area contributed by atoms with Gasteiger partial charge in [-0.3, -0.25) is 14.9 Å². The molecule has 1 aliphatic rings. The molecule has 1 saturated heterocycles. The van der Waals surface area contributed by atoms with Crippen LogP contribution in [0.4, 0.5) is 4.79 Å². The van der Waals surface area contributed by atoms with E-state index < -0.39 is 0 Å². The largest absolute Gasteiger partial charge is 0.380 e. The maximum atomic E-state index is 11.4. The zero-order valence-corrected chi connectivity index (χ0v) is 10.3. The summed E-state index contributed by atoms with van der Waals surface area (Å²) in [5, 5.41) is 1.73. The number of hydrogen-bond acceptors (Lipinski definition) is 4. The van der Waals surface area contributed by atoms with Crippen molar-refractivity contribution >= 4 is 22.9 Å². The van der Waals surface area contributed by atoms with Gasteiger partial charge >= 0.3 is 0 Å². The second-order valence-electron chi connectivity index (χ2n) is 3.84. The number of hydrogen-bond donors (Lipinski definition) is 1. The zero-order chi connectivity index (χ0) is 12.3. The lowest BCUT2D eigenvalue weighted by Gasteiger charge is -2.06. The third-order valence-corrected chi connectivity index (χ3v) is 3.50. The fraction of sp³-hybridized carbons (Fsp3) is 0.333. The second-order valence-corrected chi connectivity index (χ2v) is 5.01.